The van der Waals surface area contributed by atoms with Crippen molar-refractivity contribution in [2.24, 2.45) is 23.0 Å². The van der Waals surface area contributed by atoms with Gasteiger partial charge in [0, 0.05) is 11.4 Å². The molecule has 3 N–H and O–H groups in total. The second-order valence-corrected chi connectivity index (χ2v) is 5.80. The average molecular weight is 210 g/mol. The van der Waals surface area contributed by atoms with Gasteiger partial charge in [-0.15, -0.1) is 0 Å². The molecule has 15 heavy (non-hydrogen) atoms. The molecule has 0 aliphatic carbocycles. The Hall–Kier alpha value is -0.790. The van der Waals surface area contributed by atoms with Gasteiger partial charge in [0.05, 0.1) is 0 Å². The van der Waals surface area contributed by atoms with Gasteiger partial charge in [-0.2, -0.15) is 0 Å². The lowest BCUT2D eigenvalue weighted by molar-refractivity contribution is 0.503. The van der Waals surface area contributed by atoms with Crippen LogP contribution in [-0.2, 0) is 0 Å². The lowest BCUT2D eigenvalue weighted by atomic mass is 9.77. The van der Waals surface area contributed by atoms with Gasteiger partial charge in [0.2, 0.25) is 0 Å². The standard InChI is InChI=1S/C13H26N2/c1-8(2)11(14)10(13(5,6)7)12(15)9(3)4/h8-9,14H,15H2,1-7H3/b12-10+,14-11?. The number of nitrogens with two attached hydrogens (primary N) is 1. The summed E-state index contributed by atoms with van der Waals surface area (Å²) in [7, 11) is 0. The summed E-state index contributed by atoms with van der Waals surface area (Å²) in [6.45, 7) is 14.6. The minimum atomic E-state index is -0.0459. The molecule has 2 nitrogen and oxygen atoms in total. The van der Waals surface area contributed by atoms with E-state index in [9.17, 15) is 0 Å². The SMILES string of the molecule is CC(C)C(=N)/C(=C(\N)C(C)C)C(C)(C)C. The first-order chi connectivity index (χ1) is 6.59. The Labute approximate surface area is 94.5 Å². The molecule has 0 aliphatic rings. The first-order valence-corrected chi connectivity index (χ1v) is 5.68. The van der Waals surface area contributed by atoms with Crippen molar-refractivity contribution in [3.05, 3.63) is 11.3 Å². The summed E-state index contributed by atoms with van der Waals surface area (Å²) < 4.78 is 0. The highest BCUT2D eigenvalue weighted by molar-refractivity contribution is 6.00. The normalized spacial score (nSPS) is 14.5. The van der Waals surface area contributed by atoms with Crippen LogP contribution in [0.15, 0.2) is 11.3 Å². The number of nitrogens with one attached hydrogen (secondary N) is 1. The van der Waals surface area contributed by atoms with Crippen molar-refractivity contribution in [3.8, 4) is 0 Å². The van der Waals surface area contributed by atoms with Crippen molar-refractivity contribution in [1.82, 2.24) is 0 Å². The zero-order valence-electron chi connectivity index (χ0n) is 11.2. The Morgan fingerprint density at radius 1 is 1.00 bits per heavy atom. The fraction of sp³-hybridized carbons (Fsp3) is 0.769. The Bertz CT molecular complexity index is 265. The zero-order chi connectivity index (χ0) is 12.4. The third kappa shape index (κ3) is 3.69. The lowest BCUT2D eigenvalue weighted by Crippen LogP contribution is -2.27. The Morgan fingerprint density at radius 2 is 1.40 bits per heavy atom. The number of hydrogen-bond donors (Lipinski definition) is 2. The van der Waals surface area contributed by atoms with E-state index >= 15 is 0 Å². The summed E-state index contributed by atoms with van der Waals surface area (Å²) in [4.78, 5) is 0. The van der Waals surface area contributed by atoms with E-state index in [1.165, 1.54) is 0 Å². The predicted molar refractivity (Wildman–Crippen MR) is 68.1 cm³/mol. The van der Waals surface area contributed by atoms with E-state index in [0.29, 0.717) is 11.6 Å². The van der Waals surface area contributed by atoms with Crippen molar-refractivity contribution in [2.75, 3.05) is 0 Å². The minimum absolute atomic E-state index is 0.0459. The number of rotatable bonds is 3. The summed E-state index contributed by atoms with van der Waals surface area (Å²) in [5.74, 6) is 0.537. The molecule has 0 rings (SSSR count). The van der Waals surface area contributed by atoms with Crippen LogP contribution in [-0.4, -0.2) is 5.71 Å². The van der Waals surface area contributed by atoms with Gasteiger partial charge >= 0.3 is 0 Å². The molecular formula is C13H26N2. The van der Waals surface area contributed by atoms with Crippen molar-refractivity contribution < 1.29 is 0 Å². The van der Waals surface area contributed by atoms with Crippen LogP contribution in [0.1, 0.15) is 48.5 Å². The molecule has 0 atom stereocenters. The second-order valence-electron chi connectivity index (χ2n) is 5.80. The van der Waals surface area contributed by atoms with Gasteiger partial charge in [-0.05, 0) is 22.8 Å². The molecule has 88 valence electrons. The van der Waals surface area contributed by atoms with Crippen LogP contribution in [0.4, 0.5) is 0 Å². The van der Waals surface area contributed by atoms with Crippen molar-refractivity contribution >= 4 is 5.71 Å². The van der Waals surface area contributed by atoms with Gasteiger partial charge in [-0.25, -0.2) is 0 Å². The minimum Gasteiger partial charge on any atom is -0.402 e. The largest absolute Gasteiger partial charge is 0.402 e. The van der Waals surface area contributed by atoms with Crippen LogP contribution in [0.2, 0.25) is 0 Å². The smallest absolute Gasteiger partial charge is 0.0393 e. The van der Waals surface area contributed by atoms with Crippen LogP contribution in [0.25, 0.3) is 0 Å². The fourth-order valence-electron chi connectivity index (χ4n) is 1.57. The third-order valence-electron chi connectivity index (χ3n) is 2.51. The molecule has 0 spiro atoms. The lowest BCUT2D eigenvalue weighted by Gasteiger charge is -2.29. The van der Waals surface area contributed by atoms with Crippen LogP contribution < -0.4 is 5.73 Å². The first-order valence-electron chi connectivity index (χ1n) is 5.68. The monoisotopic (exact) mass is 210 g/mol. The van der Waals surface area contributed by atoms with E-state index in [1.807, 2.05) is 13.8 Å². The van der Waals surface area contributed by atoms with Gasteiger partial charge in [0.25, 0.3) is 0 Å². The van der Waals surface area contributed by atoms with Crippen LogP contribution in [0.5, 0.6) is 0 Å². The Morgan fingerprint density at radius 3 is 1.60 bits per heavy atom. The molecule has 0 unspecified atom stereocenters. The van der Waals surface area contributed by atoms with Crippen molar-refractivity contribution in [2.45, 2.75) is 48.5 Å². The van der Waals surface area contributed by atoms with E-state index in [4.69, 9.17) is 11.1 Å². The molecule has 0 bridgehead atoms. The summed E-state index contributed by atoms with van der Waals surface area (Å²) in [5, 5.41) is 8.14. The first kappa shape index (κ1) is 14.2. The molecule has 0 saturated carbocycles. The highest BCUT2D eigenvalue weighted by Gasteiger charge is 2.26. The molecule has 0 saturated heterocycles. The highest BCUT2D eigenvalue weighted by atomic mass is 14.6. The molecule has 0 fully saturated rings. The second kappa shape index (κ2) is 4.82. The maximum absolute atomic E-state index is 8.14. The van der Waals surface area contributed by atoms with Gasteiger partial charge in [-0.3, -0.25) is 0 Å². The number of hydrogen-bond acceptors (Lipinski definition) is 2. The number of allylic oxidation sites excluding steroid dienone is 2. The summed E-state index contributed by atoms with van der Waals surface area (Å²) in [5.41, 5.74) is 8.64. The van der Waals surface area contributed by atoms with Gasteiger partial charge in [0.15, 0.2) is 0 Å². The van der Waals surface area contributed by atoms with Gasteiger partial charge < -0.3 is 11.1 Å². The topological polar surface area (TPSA) is 49.9 Å². The Kier molecular flexibility index (Phi) is 4.57. The van der Waals surface area contributed by atoms with Crippen molar-refractivity contribution in [1.29, 1.82) is 5.41 Å². The van der Waals surface area contributed by atoms with Crippen LogP contribution in [0, 0.1) is 22.7 Å². The zero-order valence-corrected chi connectivity index (χ0v) is 11.2. The van der Waals surface area contributed by atoms with E-state index in [-0.39, 0.29) is 11.3 Å². The summed E-state index contributed by atoms with van der Waals surface area (Å²) in [6.07, 6.45) is 0. The quantitative estimate of drug-likeness (QED) is 0.687. The maximum atomic E-state index is 8.14. The molecule has 0 amide bonds. The van der Waals surface area contributed by atoms with Crippen molar-refractivity contribution in [3.63, 3.8) is 0 Å². The predicted octanol–water partition coefficient (Wildman–Crippen LogP) is 3.58. The maximum Gasteiger partial charge on any atom is 0.0393 e. The van der Waals surface area contributed by atoms with E-state index in [1.54, 1.807) is 0 Å². The average Bonchev–Trinajstić information content (AvgIpc) is 2.01. The molecule has 0 aromatic rings. The summed E-state index contributed by atoms with van der Waals surface area (Å²) in [6, 6.07) is 0. The molecular weight excluding hydrogens is 184 g/mol. The van der Waals surface area contributed by atoms with E-state index < -0.39 is 0 Å². The molecule has 2 heteroatoms. The molecule has 0 aromatic carbocycles. The molecule has 0 heterocycles. The molecule has 0 radical (unpaired) electrons. The Balaban J connectivity index is 5.46. The van der Waals surface area contributed by atoms with Crippen LogP contribution >= 0.6 is 0 Å². The molecule has 0 aromatic heterocycles. The van der Waals surface area contributed by atoms with Gasteiger partial charge in [0.1, 0.15) is 0 Å². The molecule has 0 aliphatic heterocycles. The van der Waals surface area contributed by atoms with E-state index in [0.717, 1.165) is 11.3 Å². The van der Waals surface area contributed by atoms with Crippen LogP contribution in [0.3, 0.4) is 0 Å². The highest BCUT2D eigenvalue weighted by Crippen LogP contribution is 2.31. The third-order valence-corrected chi connectivity index (χ3v) is 2.51. The van der Waals surface area contributed by atoms with Gasteiger partial charge in [-0.1, -0.05) is 48.5 Å². The summed E-state index contributed by atoms with van der Waals surface area (Å²) >= 11 is 0. The fourth-order valence-corrected chi connectivity index (χ4v) is 1.57. The van der Waals surface area contributed by atoms with E-state index in [2.05, 4.69) is 34.6 Å².